The van der Waals surface area contributed by atoms with Crippen LogP contribution < -0.4 is 10.1 Å². The van der Waals surface area contributed by atoms with Gasteiger partial charge in [-0.25, -0.2) is 0 Å². The molecule has 1 aliphatic heterocycles. The highest BCUT2D eigenvalue weighted by atomic mass is 16.5. The maximum atomic E-state index is 13.2. The maximum absolute atomic E-state index is 13.2. The Morgan fingerprint density at radius 1 is 1.17 bits per heavy atom. The van der Waals surface area contributed by atoms with Crippen LogP contribution in [0.5, 0.6) is 5.75 Å². The predicted molar refractivity (Wildman–Crippen MR) is 112 cm³/mol. The first-order valence-corrected chi connectivity index (χ1v) is 9.95. The fourth-order valence-corrected chi connectivity index (χ4v) is 3.97. The van der Waals surface area contributed by atoms with Crippen molar-refractivity contribution in [2.24, 2.45) is 0 Å². The number of amides is 2. The van der Waals surface area contributed by atoms with E-state index in [1.807, 2.05) is 66.5 Å². The van der Waals surface area contributed by atoms with E-state index in [4.69, 9.17) is 4.74 Å². The number of carbonyl (C=O) groups is 2. The molecule has 2 aromatic carbocycles. The van der Waals surface area contributed by atoms with Crippen LogP contribution in [0.2, 0.25) is 0 Å². The second-order valence-corrected chi connectivity index (χ2v) is 7.37. The van der Waals surface area contributed by atoms with Crippen molar-refractivity contribution in [3.8, 4) is 5.75 Å². The summed E-state index contributed by atoms with van der Waals surface area (Å²) in [5, 5.41) is 2.76. The lowest BCUT2D eigenvalue weighted by Crippen LogP contribution is -2.48. The first-order chi connectivity index (χ1) is 14.0. The van der Waals surface area contributed by atoms with Crippen molar-refractivity contribution in [3.63, 3.8) is 0 Å². The van der Waals surface area contributed by atoms with Gasteiger partial charge in [-0.1, -0.05) is 42.5 Å². The summed E-state index contributed by atoms with van der Waals surface area (Å²) in [6.45, 7) is 1.26. The van der Waals surface area contributed by atoms with Crippen molar-refractivity contribution in [2.75, 3.05) is 27.7 Å². The lowest BCUT2D eigenvalue weighted by molar-refractivity contribution is -0.138. The van der Waals surface area contributed by atoms with Gasteiger partial charge in [-0.05, 0) is 36.1 Å². The third-order valence-electron chi connectivity index (χ3n) is 5.48. The van der Waals surface area contributed by atoms with Gasteiger partial charge < -0.3 is 15.0 Å². The molecule has 0 saturated carbocycles. The van der Waals surface area contributed by atoms with E-state index in [1.54, 1.807) is 19.1 Å². The van der Waals surface area contributed by atoms with E-state index in [2.05, 4.69) is 5.32 Å². The Morgan fingerprint density at radius 2 is 1.86 bits per heavy atom. The summed E-state index contributed by atoms with van der Waals surface area (Å²) in [4.78, 5) is 29.8. The van der Waals surface area contributed by atoms with Crippen LogP contribution in [0.15, 0.2) is 54.6 Å². The number of hydrogen-bond acceptors (Lipinski definition) is 4. The second-order valence-electron chi connectivity index (χ2n) is 7.37. The van der Waals surface area contributed by atoms with Gasteiger partial charge in [-0.2, -0.15) is 0 Å². The third kappa shape index (κ3) is 4.77. The van der Waals surface area contributed by atoms with Crippen LogP contribution >= 0.6 is 0 Å². The fraction of sp³-hybridized carbons (Fsp3) is 0.391. The first kappa shape index (κ1) is 20.9. The summed E-state index contributed by atoms with van der Waals surface area (Å²) in [7, 11) is 5.07. The first-order valence-electron chi connectivity index (χ1n) is 9.95. The van der Waals surface area contributed by atoms with Crippen LogP contribution in [-0.2, 0) is 16.1 Å². The maximum Gasteiger partial charge on any atom is 0.241 e. The highest BCUT2D eigenvalue weighted by molar-refractivity contribution is 5.86. The van der Waals surface area contributed by atoms with Gasteiger partial charge in [0.15, 0.2) is 0 Å². The summed E-state index contributed by atoms with van der Waals surface area (Å²) in [5.41, 5.74) is 1.95. The van der Waals surface area contributed by atoms with E-state index < -0.39 is 6.04 Å². The fourth-order valence-electron chi connectivity index (χ4n) is 3.97. The molecular weight excluding hydrogens is 366 g/mol. The van der Waals surface area contributed by atoms with Gasteiger partial charge in [0.25, 0.3) is 0 Å². The lowest BCUT2D eigenvalue weighted by Gasteiger charge is -2.33. The molecule has 1 N–H and O–H groups in total. The molecule has 0 spiro atoms. The quantitative estimate of drug-likeness (QED) is 0.783. The number of benzene rings is 2. The molecule has 0 aromatic heterocycles. The van der Waals surface area contributed by atoms with Crippen molar-refractivity contribution in [3.05, 3.63) is 65.7 Å². The number of carbonyl (C=O) groups excluding carboxylic acids is 2. The molecule has 6 heteroatoms. The van der Waals surface area contributed by atoms with Gasteiger partial charge >= 0.3 is 0 Å². The molecule has 0 bridgehead atoms. The van der Waals surface area contributed by atoms with Gasteiger partial charge in [-0.3, -0.25) is 14.5 Å². The van der Waals surface area contributed by atoms with E-state index in [0.717, 1.165) is 29.7 Å². The minimum absolute atomic E-state index is 0.0498. The Bertz CT molecular complexity index is 823. The Balaban J connectivity index is 1.81. The van der Waals surface area contributed by atoms with E-state index in [-0.39, 0.29) is 17.9 Å². The molecule has 1 fully saturated rings. The van der Waals surface area contributed by atoms with Gasteiger partial charge in [-0.15, -0.1) is 0 Å². The van der Waals surface area contributed by atoms with E-state index in [1.165, 1.54) is 0 Å². The van der Waals surface area contributed by atoms with Crippen LogP contribution in [0, 0.1) is 0 Å². The Labute approximate surface area is 172 Å². The zero-order chi connectivity index (χ0) is 20.8. The molecule has 0 unspecified atom stereocenters. The van der Waals surface area contributed by atoms with Crippen LogP contribution in [0.1, 0.15) is 30.0 Å². The van der Waals surface area contributed by atoms with E-state index in [0.29, 0.717) is 13.1 Å². The van der Waals surface area contributed by atoms with Crippen molar-refractivity contribution in [1.82, 2.24) is 15.1 Å². The van der Waals surface area contributed by atoms with Gasteiger partial charge in [0.2, 0.25) is 11.8 Å². The number of methoxy groups -OCH3 is 1. The smallest absolute Gasteiger partial charge is 0.241 e. The molecule has 2 aromatic rings. The molecule has 29 heavy (non-hydrogen) atoms. The zero-order valence-corrected chi connectivity index (χ0v) is 17.3. The Hall–Kier alpha value is -2.86. The highest BCUT2D eigenvalue weighted by Crippen LogP contribution is 2.31. The van der Waals surface area contributed by atoms with Crippen LogP contribution in [0.4, 0.5) is 0 Å². The summed E-state index contributed by atoms with van der Waals surface area (Å²) in [6, 6.07) is 16.6. The topological polar surface area (TPSA) is 61.9 Å². The van der Waals surface area contributed by atoms with Gasteiger partial charge in [0.05, 0.1) is 13.2 Å². The number of rotatable bonds is 7. The number of likely N-dealkylation sites (N-methyl/N-ethyl adjacent to an activating group) is 2. The predicted octanol–water partition coefficient (Wildman–Crippen LogP) is 2.61. The molecule has 1 saturated heterocycles. The largest absolute Gasteiger partial charge is 0.497 e. The monoisotopic (exact) mass is 395 g/mol. The molecule has 3 rings (SSSR count). The average molecular weight is 396 g/mol. The molecular formula is C23H29N3O3. The minimum Gasteiger partial charge on any atom is -0.497 e. The second kappa shape index (κ2) is 9.56. The molecule has 2 atom stereocenters. The van der Waals surface area contributed by atoms with Crippen molar-refractivity contribution in [2.45, 2.75) is 31.5 Å². The molecule has 154 valence electrons. The SMILES string of the molecule is CNC(=O)[C@@H](c1ccc(OC)cc1)N1CCC[C@H]1C(=O)N(C)Cc1ccccc1. The van der Waals surface area contributed by atoms with Crippen molar-refractivity contribution >= 4 is 11.8 Å². The molecule has 6 nitrogen and oxygen atoms in total. The molecule has 0 aliphatic carbocycles. The highest BCUT2D eigenvalue weighted by Gasteiger charge is 2.40. The van der Waals surface area contributed by atoms with E-state index >= 15 is 0 Å². The summed E-state index contributed by atoms with van der Waals surface area (Å²) in [5.74, 6) is 0.676. The summed E-state index contributed by atoms with van der Waals surface area (Å²) < 4.78 is 5.23. The number of nitrogens with one attached hydrogen (secondary N) is 1. The van der Waals surface area contributed by atoms with Crippen molar-refractivity contribution < 1.29 is 14.3 Å². The van der Waals surface area contributed by atoms with Gasteiger partial charge in [0, 0.05) is 27.2 Å². The third-order valence-corrected chi connectivity index (χ3v) is 5.48. The lowest BCUT2D eigenvalue weighted by atomic mass is 10.0. The zero-order valence-electron chi connectivity index (χ0n) is 17.3. The Kier molecular flexibility index (Phi) is 6.88. The number of likely N-dealkylation sites (tertiary alicyclic amines) is 1. The van der Waals surface area contributed by atoms with Crippen molar-refractivity contribution in [1.29, 1.82) is 0 Å². The molecule has 0 radical (unpaired) electrons. The molecule has 2 amide bonds. The number of nitrogens with zero attached hydrogens (tertiary/aromatic N) is 2. The van der Waals surface area contributed by atoms with Crippen LogP contribution in [-0.4, -0.2) is 55.4 Å². The number of ether oxygens (including phenoxy) is 1. The minimum atomic E-state index is -0.507. The van der Waals surface area contributed by atoms with E-state index in [9.17, 15) is 9.59 Å². The normalized spacial score (nSPS) is 17.6. The number of hydrogen-bond donors (Lipinski definition) is 1. The Morgan fingerprint density at radius 3 is 2.48 bits per heavy atom. The van der Waals surface area contributed by atoms with Gasteiger partial charge in [0.1, 0.15) is 11.8 Å². The van der Waals surface area contributed by atoms with Crippen LogP contribution in [0.3, 0.4) is 0 Å². The molecule has 1 aliphatic rings. The molecule has 1 heterocycles. The van der Waals surface area contributed by atoms with Crippen LogP contribution in [0.25, 0.3) is 0 Å². The average Bonchev–Trinajstić information content (AvgIpc) is 3.23. The standard InChI is InChI=1S/C23H29N3O3/c1-24-22(27)21(18-11-13-19(29-3)14-12-18)26-15-7-10-20(26)23(28)25(2)16-17-8-5-4-6-9-17/h4-6,8-9,11-14,20-21H,7,10,15-16H2,1-3H3,(H,24,27)/t20-,21+/m0/s1. The summed E-state index contributed by atoms with van der Waals surface area (Å²) >= 11 is 0. The summed E-state index contributed by atoms with van der Waals surface area (Å²) in [6.07, 6.45) is 1.64.